The highest BCUT2D eigenvalue weighted by Gasteiger charge is 2.37. The molecule has 1 aromatic heterocycles. The van der Waals surface area contributed by atoms with Gasteiger partial charge in [-0.2, -0.15) is 0 Å². The fourth-order valence-electron chi connectivity index (χ4n) is 2.62. The molecule has 1 fully saturated rings. The van der Waals surface area contributed by atoms with E-state index in [0.717, 1.165) is 6.07 Å². The number of ether oxygens (including phenoxy) is 1. The number of rotatable bonds is 6. The molecule has 1 aliphatic rings. The molecule has 0 atom stereocenters. The second kappa shape index (κ2) is 7.25. The van der Waals surface area contributed by atoms with Crippen LogP contribution in [0, 0.1) is 0 Å². The van der Waals surface area contributed by atoms with Crippen LogP contribution in [-0.4, -0.2) is 40.6 Å². The molecule has 0 bridgehead atoms. The summed E-state index contributed by atoms with van der Waals surface area (Å²) in [6.45, 7) is -0.0580. The summed E-state index contributed by atoms with van der Waals surface area (Å²) in [6.07, 6.45) is 1.39. The van der Waals surface area contributed by atoms with Crippen LogP contribution >= 0.6 is 0 Å². The van der Waals surface area contributed by atoms with Crippen LogP contribution in [0.1, 0.15) is 12.1 Å². The van der Waals surface area contributed by atoms with Crippen LogP contribution in [0.2, 0.25) is 0 Å². The number of carbonyl (C=O) groups excluding carboxylic acids is 1. The summed E-state index contributed by atoms with van der Waals surface area (Å²) < 4.78 is 57.8. The Balaban J connectivity index is 1.97. The second-order valence-electron chi connectivity index (χ2n) is 5.70. The van der Waals surface area contributed by atoms with Crippen LogP contribution in [-0.2, 0) is 31.4 Å². The van der Waals surface area contributed by atoms with E-state index in [1.54, 1.807) is 18.2 Å². The van der Waals surface area contributed by atoms with Crippen molar-refractivity contribution in [3.63, 3.8) is 0 Å². The molecule has 9 nitrogen and oxygen atoms in total. The first-order chi connectivity index (χ1) is 12.7. The average molecular weight is 411 g/mol. The van der Waals surface area contributed by atoms with Gasteiger partial charge in [0.05, 0.1) is 30.8 Å². The lowest BCUT2D eigenvalue weighted by molar-refractivity contribution is -0.116. The third kappa shape index (κ3) is 3.94. The summed E-state index contributed by atoms with van der Waals surface area (Å²) in [5.74, 6) is -0.890. The number of pyridine rings is 1. The normalized spacial score (nSPS) is 16.5. The van der Waals surface area contributed by atoms with E-state index in [1.165, 1.54) is 25.4 Å². The van der Waals surface area contributed by atoms with Crippen LogP contribution < -0.4 is 13.8 Å². The third-order valence-corrected chi connectivity index (χ3v) is 7.03. The van der Waals surface area contributed by atoms with Crippen molar-refractivity contribution in [3.05, 3.63) is 48.3 Å². The predicted octanol–water partition coefficient (Wildman–Crippen LogP) is 0.635. The maximum absolute atomic E-state index is 12.7. The fraction of sp³-hybridized carbons (Fsp3) is 0.250. The van der Waals surface area contributed by atoms with Gasteiger partial charge in [0.2, 0.25) is 26.0 Å². The van der Waals surface area contributed by atoms with Crippen molar-refractivity contribution in [3.8, 4) is 5.75 Å². The number of anilines is 1. The van der Waals surface area contributed by atoms with E-state index in [2.05, 4.69) is 9.71 Å². The van der Waals surface area contributed by atoms with Gasteiger partial charge in [-0.1, -0.05) is 6.07 Å². The number of aromatic nitrogens is 1. The maximum Gasteiger partial charge on any atom is 0.244 e. The smallest absolute Gasteiger partial charge is 0.244 e. The summed E-state index contributed by atoms with van der Waals surface area (Å²) in [5.41, 5.74) is 0.463. The Hall–Kier alpha value is -2.50. The number of hydrogen-bond acceptors (Lipinski definition) is 7. The maximum atomic E-state index is 12.7. The van der Waals surface area contributed by atoms with Crippen molar-refractivity contribution >= 4 is 31.6 Å². The molecule has 1 N–H and O–H groups in total. The Labute approximate surface area is 157 Å². The highest BCUT2D eigenvalue weighted by molar-refractivity contribution is 7.94. The quantitative estimate of drug-likeness (QED) is 0.740. The van der Waals surface area contributed by atoms with Gasteiger partial charge < -0.3 is 4.74 Å². The molecular formula is C16H17N3O6S2. The van der Waals surface area contributed by atoms with Crippen molar-refractivity contribution in [2.45, 2.75) is 17.9 Å². The van der Waals surface area contributed by atoms with E-state index in [1.807, 2.05) is 0 Å². The molecule has 2 aromatic rings. The molecule has 1 aliphatic heterocycles. The lowest BCUT2D eigenvalue weighted by atomic mass is 10.3. The molecule has 2 heterocycles. The SMILES string of the molecule is COc1ccc(N2C(=O)CCS2(=O)=O)cc1S(=O)(=O)NCc1ccccn1. The van der Waals surface area contributed by atoms with E-state index >= 15 is 0 Å². The molecule has 27 heavy (non-hydrogen) atoms. The number of methoxy groups -OCH3 is 1. The van der Waals surface area contributed by atoms with Gasteiger partial charge in [0, 0.05) is 12.6 Å². The molecule has 0 saturated carbocycles. The third-order valence-electron chi connectivity index (χ3n) is 3.92. The zero-order valence-corrected chi connectivity index (χ0v) is 16.0. The number of carbonyl (C=O) groups is 1. The lowest BCUT2D eigenvalue weighted by Crippen LogP contribution is -2.30. The van der Waals surface area contributed by atoms with Gasteiger partial charge in [-0.25, -0.2) is 25.9 Å². The molecule has 11 heteroatoms. The van der Waals surface area contributed by atoms with Gasteiger partial charge in [-0.05, 0) is 30.3 Å². The van der Waals surface area contributed by atoms with Gasteiger partial charge in [-0.3, -0.25) is 9.78 Å². The van der Waals surface area contributed by atoms with Crippen LogP contribution in [0.25, 0.3) is 0 Å². The van der Waals surface area contributed by atoms with Crippen LogP contribution in [0.3, 0.4) is 0 Å². The molecule has 144 valence electrons. The first-order valence-corrected chi connectivity index (χ1v) is 11.0. The standard InChI is InChI=1S/C16H17N3O6S2/c1-25-14-6-5-13(19-16(20)7-9-26(19,21)22)10-15(14)27(23,24)18-11-12-4-2-3-8-17-12/h2-6,8,10,18H,7,9,11H2,1H3. The average Bonchev–Trinajstić information content (AvgIpc) is 2.93. The molecular weight excluding hydrogens is 394 g/mol. The minimum atomic E-state index is -4.06. The van der Waals surface area contributed by atoms with Crippen molar-refractivity contribution in [1.82, 2.24) is 9.71 Å². The number of sulfonamides is 2. The number of benzene rings is 1. The van der Waals surface area contributed by atoms with E-state index in [-0.39, 0.29) is 35.1 Å². The second-order valence-corrected chi connectivity index (χ2v) is 9.38. The Morgan fingerprint density at radius 1 is 1.26 bits per heavy atom. The van der Waals surface area contributed by atoms with E-state index in [4.69, 9.17) is 4.74 Å². The number of nitrogens with one attached hydrogen (secondary N) is 1. The summed E-state index contributed by atoms with van der Waals surface area (Å²) >= 11 is 0. The Bertz CT molecular complexity index is 1070. The first kappa shape index (κ1) is 19.3. The van der Waals surface area contributed by atoms with Crippen molar-refractivity contribution in [1.29, 1.82) is 0 Å². The number of amides is 1. The van der Waals surface area contributed by atoms with Crippen LogP contribution in [0.4, 0.5) is 5.69 Å². The van der Waals surface area contributed by atoms with Crippen molar-refractivity contribution < 1.29 is 26.4 Å². The van der Waals surface area contributed by atoms with Gasteiger partial charge in [0.15, 0.2) is 0 Å². The Morgan fingerprint density at radius 2 is 2.04 bits per heavy atom. The molecule has 3 rings (SSSR count). The molecule has 0 radical (unpaired) electrons. The fourth-order valence-corrected chi connectivity index (χ4v) is 5.26. The van der Waals surface area contributed by atoms with Crippen molar-refractivity contribution in [2.75, 3.05) is 17.2 Å². The van der Waals surface area contributed by atoms with Gasteiger partial charge in [-0.15, -0.1) is 0 Å². The largest absolute Gasteiger partial charge is 0.495 e. The minimum Gasteiger partial charge on any atom is -0.495 e. The predicted molar refractivity (Wildman–Crippen MR) is 97.1 cm³/mol. The minimum absolute atomic E-state index is 0.0244. The summed E-state index contributed by atoms with van der Waals surface area (Å²) in [5, 5.41) is 0. The highest BCUT2D eigenvalue weighted by atomic mass is 32.2. The highest BCUT2D eigenvalue weighted by Crippen LogP contribution is 2.32. The van der Waals surface area contributed by atoms with Gasteiger partial charge in [0.1, 0.15) is 10.6 Å². The van der Waals surface area contributed by atoms with E-state index < -0.39 is 26.0 Å². The molecule has 0 spiro atoms. The van der Waals surface area contributed by atoms with Gasteiger partial charge >= 0.3 is 0 Å². The van der Waals surface area contributed by atoms with Crippen molar-refractivity contribution in [2.24, 2.45) is 0 Å². The lowest BCUT2D eigenvalue weighted by Gasteiger charge is -2.18. The summed E-state index contributed by atoms with van der Waals surface area (Å²) in [4.78, 5) is 15.7. The molecule has 1 aromatic carbocycles. The monoisotopic (exact) mass is 411 g/mol. The Kier molecular flexibility index (Phi) is 5.18. The van der Waals surface area contributed by atoms with E-state index in [9.17, 15) is 21.6 Å². The van der Waals surface area contributed by atoms with Crippen LogP contribution in [0.15, 0.2) is 47.5 Å². The number of nitrogens with zero attached hydrogens (tertiary/aromatic N) is 2. The molecule has 0 aliphatic carbocycles. The zero-order chi connectivity index (χ0) is 19.7. The molecule has 1 amide bonds. The summed E-state index contributed by atoms with van der Waals surface area (Å²) in [7, 11) is -6.57. The number of hydrogen-bond donors (Lipinski definition) is 1. The molecule has 1 saturated heterocycles. The topological polar surface area (TPSA) is 123 Å². The summed E-state index contributed by atoms with van der Waals surface area (Å²) in [6, 6.07) is 8.84. The van der Waals surface area contributed by atoms with Gasteiger partial charge in [0.25, 0.3) is 0 Å². The molecule has 0 unspecified atom stereocenters. The first-order valence-electron chi connectivity index (χ1n) is 7.88. The van der Waals surface area contributed by atoms with Crippen LogP contribution in [0.5, 0.6) is 5.75 Å². The Morgan fingerprint density at radius 3 is 2.63 bits per heavy atom. The van der Waals surface area contributed by atoms with E-state index in [0.29, 0.717) is 10.00 Å². The zero-order valence-electron chi connectivity index (χ0n) is 14.3.